The highest BCUT2D eigenvalue weighted by atomic mass is 32.2. The minimum Gasteiger partial charge on any atom is -0.383 e. The quantitative estimate of drug-likeness (QED) is 0.661. The molecule has 0 saturated carbocycles. The van der Waals surface area contributed by atoms with Crippen LogP contribution in [0.3, 0.4) is 0 Å². The van der Waals surface area contributed by atoms with E-state index in [0.29, 0.717) is 16.5 Å². The molecule has 4 N–H and O–H groups in total. The highest BCUT2D eigenvalue weighted by molar-refractivity contribution is 7.92. The first-order chi connectivity index (χ1) is 11.3. The average molecular weight is 352 g/mol. The maximum Gasteiger partial charge on any atom is 0.335 e. The van der Waals surface area contributed by atoms with Crippen molar-refractivity contribution in [1.29, 1.82) is 5.26 Å². The standard InChI is InChI=1S/C13H10F2N6O2S/c14-13(15)21-12(17)10(6-19-21)24(22,23)20-9-3-1-2-8-7(4-16)5-18-11(8)9/h1-3,5-6,13,18,20H,17H2. The zero-order chi connectivity index (χ0) is 17.5. The van der Waals surface area contributed by atoms with Crippen molar-refractivity contribution in [2.75, 3.05) is 10.5 Å². The summed E-state index contributed by atoms with van der Waals surface area (Å²) in [6.45, 7) is -3.06. The third kappa shape index (κ3) is 2.42. The molecule has 0 radical (unpaired) electrons. The number of halogens is 2. The van der Waals surface area contributed by atoms with Gasteiger partial charge in [-0.3, -0.25) is 4.72 Å². The minimum absolute atomic E-state index is 0.109. The number of hydrogen-bond acceptors (Lipinski definition) is 5. The van der Waals surface area contributed by atoms with E-state index in [1.54, 1.807) is 12.1 Å². The Morgan fingerprint density at radius 2 is 2.17 bits per heavy atom. The molecule has 0 amide bonds. The first-order valence-corrected chi connectivity index (χ1v) is 7.97. The van der Waals surface area contributed by atoms with E-state index >= 15 is 0 Å². The van der Waals surface area contributed by atoms with Gasteiger partial charge in [-0.2, -0.15) is 23.8 Å². The lowest BCUT2D eigenvalue weighted by molar-refractivity contribution is 0.0590. The molecule has 1 aromatic carbocycles. The molecule has 8 nitrogen and oxygen atoms in total. The van der Waals surface area contributed by atoms with Crippen molar-refractivity contribution in [3.05, 3.63) is 36.2 Å². The van der Waals surface area contributed by atoms with Crippen molar-refractivity contribution in [3.63, 3.8) is 0 Å². The number of benzene rings is 1. The number of alkyl halides is 2. The van der Waals surface area contributed by atoms with Gasteiger partial charge < -0.3 is 10.7 Å². The van der Waals surface area contributed by atoms with Crippen LogP contribution in [0.15, 0.2) is 35.5 Å². The molecule has 11 heteroatoms. The lowest BCUT2D eigenvalue weighted by atomic mass is 10.2. The van der Waals surface area contributed by atoms with Gasteiger partial charge in [0.15, 0.2) is 0 Å². The van der Waals surface area contributed by atoms with Crippen LogP contribution in [-0.2, 0) is 10.0 Å². The Hall–Kier alpha value is -3.13. The molecule has 2 aromatic heterocycles. The maximum absolute atomic E-state index is 12.7. The topological polar surface area (TPSA) is 130 Å². The van der Waals surface area contributed by atoms with Crippen LogP contribution >= 0.6 is 0 Å². The van der Waals surface area contributed by atoms with E-state index in [4.69, 9.17) is 11.0 Å². The predicted molar refractivity (Wildman–Crippen MR) is 81.7 cm³/mol. The predicted octanol–water partition coefficient (Wildman–Crippen LogP) is 2.01. The minimum atomic E-state index is -4.24. The zero-order valence-electron chi connectivity index (χ0n) is 11.9. The van der Waals surface area contributed by atoms with Gasteiger partial charge in [0.1, 0.15) is 16.8 Å². The normalized spacial score (nSPS) is 11.8. The molecule has 3 rings (SSSR count). The molecule has 0 spiro atoms. The fourth-order valence-corrected chi connectivity index (χ4v) is 3.37. The molecule has 0 saturated heterocycles. The molecule has 0 aliphatic heterocycles. The number of aromatic nitrogens is 3. The summed E-state index contributed by atoms with van der Waals surface area (Å²) in [5, 5.41) is 12.8. The lowest BCUT2D eigenvalue weighted by Crippen LogP contribution is -2.15. The number of nitrogens with one attached hydrogen (secondary N) is 2. The van der Waals surface area contributed by atoms with Crippen molar-refractivity contribution in [2.45, 2.75) is 11.4 Å². The number of nitriles is 1. The van der Waals surface area contributed by atoms with Crippen LogP contribution in [0.25, 0.3) is 10.9 Å². The van der Waals surface area contributed by atoms with Crippen LogP contribution in [0.1, 0.15) is 12.1 Å². The van der Waals surface area contributed by atoms with Crippen molar-refractivity contribution in [1.82, 2.24) is 14.8 Å². The van der Waals surface area contributed by atoms with Gasteiger partial charge in [0, 0.05) is 11.6 Å². The summed E-state index contributed by atoms with van der Waals surface area (Å²) in [5.74, 6) is -0.672. The van der Waals surface area contributed by atoms with E-state index in [9.17, 15) is 17.2 Å². The van der Waals surface area contributed by atoms with Gasteiger partial charge in [-0.25, -0.2) is 8.42 Å². The fourth-order valence-electron chi connectivity index (χ4n) is 2.25. The molecule has 0 aliphatic carbocycles. The number of anilines is 2. The number of aromatic amines is 1. The first kappa shape index (κ1) is 15.8. The molecule has 24 heavy (non-hydrogen) atoms. The molecule has 0 atom stereocenters. The summed E-state index contributed by atoms with van der Waals surface area (Å²) >= 11 is 0. The van der Waals surface area contributed by atoms with Crippen LogP contribution < -0.4 is 10.5 Å². The number of sulfonamides is 1. The van der Waals surface area contributed by atoms with Gasteiger partial charge >= 0.3 is 6.55 Å². The summed E-state index contributed by atoms with van der Waals surface area (Å²) in [6, 6.07) is 6.64. The number of para-hydroxylation sites is 1. The summed E-state index contributed by atoms with van der Waals surface area (Å²) in [7, 11) is -4.24. The molecule has 0 unspecified atom stereocenters. The summed E-state index contributed by atoms with van der Waals surface area (Å²) < 4.78 is 52.5. The Morgan fingerprint density at radius 3 is 2.79 bits per heavy atom. The van der Waals surface area contributed by atoms with Gasteiger partial charge in [-0.1, -0.05) is 12.1 Å². The fraction of sp³-hybridized carbons (Fsp3) is 0.0769. The van der Waals surface area contributed by atoms with E-state index in [1.165, 1.54) is 12.3 Å². The molecule has 0 fully saturated rings. The third-order valence-electron chi connectivity index (χ3n) is 3.35. The Balaban J connectivity index is 2.05. The van der Waals surface area contributed by atoms with Gasteiger partial charge in [0.25, 0.3) is 10.0 Å². The zero-order valence-corrected chi connectivity index (χ0v) is 12.7. The smallest absolute Gasteiger partial charge is 0.335 e. The monoisotopic (exact) mass is 352 g/mol. The summed E-state index contributed by atoms with van der Waals surface area (Å²) in [5.41, 5.74) is 6.31. The van der Waals surface area contributed by atoms with Crippen molar-refractivity contribution >= 4 is 32.4 Å². The highest BCUT2D eigenvalue weighted by Gasteiger charge is 2.25. The highest BCUT2D eigenvalue weighted by Crippen LogP contribution is 2.29. The number of nitrogens with two attached hydrogens (primary N) is 1. The van der Waals surface area contributed by atoms with Crippen molar-refractivity contribution in [3.8, 4) is 6.07 Å². The third-order valence-corrected chi connectivity index (χ3v) is 4.74. The van der Waals surface area contributed by atoms with E-state index < -0.39 is 27.3 Å². The number of hydrogen-bond donors (Lipinski definition) is 3. The van der Waals surface area contributed by atoms with E-state index in [1.807, 2.05) is 6.07 Å². The molecule has 0 bridgehead atoms. The number of nitrogen functional groups attached to an aromatic ring is 1. The number of H-pyrrole nitrogens is 1. The van der Waals surface area contributed by atoms with Crippen LogP contribution in [0.2, 0.25) is 0 Å². The molecular formula is C13H10F2N6O2S. The maximum atomic E-state index is 12.7. The molecule has 3 aromatic rings. The second-order valence-corrected chi connectivity index (χ2v) is 6.41. The Labute approximate surface area is 134 Å². The van der Waals surface area contributed by atoms with Crippen LogP contribution in [0.4, 0.5) is 20.3 Å². The van der Waals surface area contributed by atoms with Crippen molar-refractivity contribution < 1.29 is 17.2 Å². The first-order valence-electron chi connectivity index (χ1n) is 6.49. The number of rotatable bonds is 4. The Bertz CT molecular complexity index is 1060. The second kappa shape index (κ2) is 5.50. The van der Waals surface area contributed by atoms with Gasteiger partial charge in [0.2, 0.25) is 0 Å². The number of nitrogens with zero attached hydrogens (tertiary/aromatic N) is 3. The van der Waals surface area contributed by atoms with Gasteiger partial charge in [0.05, 0.1) is 23.0 Å². The Kier molecular flexibility index (Phi) is 3.61. The molecule has 124 valence electrons. The molecule has 0 aliphatic rings. The Morgan fingerprint density at radius 1 is 1.42 bits per heavy atom. The SMILES string of the molecule is N#Cc1c[nH]c2c(NS(=O)(=O)c3cnn(C(F)F)c3N)cccc12. The lowest BCUT2D eigenvalue weighted by Gasteiger charge is -2.09. The molecular weight excluding hydrogens is 342 g/mol. The average Bonchev–Trinajstić information content (AvgIpc) is 3.11. The van der Waals surface area contributed by atoms with E-state index in [-0.39, 0.29) is 10.4 Å². The van der Waals surface area contributed by atoms with Gasteiger partial charge in [-0.05, 0) is 6.07 Å². The van der Waals surface area contributed by atoms with E-state index in [0.717, 1.165) is 6.20 Å². The van der Waals surface area contributed by atoms with Crippen LogP contribution in [-0.4, -0.2) is 23.2 Å². The second-order valence-electron chi connectivity index (χ2n) is 4.76. The summed E-state index contributed by atoms with van der Waals surface area (Å²) in [6.07, 6.45) is 2.19. The van der Waals surface area contributed by atoms with Gasteiger partial charge in [-0.15, -0.1) is 0 Å². The number of fused-ring (bicyclic) bond motifs is 1. The summed E-state index contributed by atoms with van der Waals surface area (Å²) in [4.78, 5) is 2.24. The van der Waals surface area contributed by atoms with Crippen LogP contribution in [0, 0.1) is 11.3 Å². The molecule has 2 heterocycles. The van der Waals surface area contributed by atoms with Crippen molar-refractivity contribution in [2.24, 2.45) is 0 Å². The largest absolute Gasteiger partial charge is 0.383 e. The van der Waals surface area contributed by atoms with E-state index in [2.05, 4.69) is 14.8 Å². The van der Waals surface area contributed by atoms with Crippen LogP contribution in [0.5, 0.6) is 0 Å².